The van der Waals surface area contributed by atoms with Crippen LogP contribution in [0, 0.1) is 0 Å². The van der Waals surface area contributed by atoms with Gasteiger partial charge in [0.15, 0.2) is 0 Å². The molecule has 7 nitrogen and oxygen atoms in total. The molecule has 0 unspecified atom stereocenters. The van der Waals surface area contributed by atoms with E-state index in [-0.39, 0.29) is 11.5 Å². The van der Waals surface area contributed by atoms with E-state index in [4.69, 9.17) is 10.6 Å². The van der Waals surface area contributed by atoms with Gasteiger partial charge in [-0.25, -0.2) is 8.42 Å². The van der Waals surface area contributed by atoms with E-state index in [0.717, 1.165) is 15.6 Å². The zero-order valence-electron chi connectivity index (χ0n) is 15.1. The number of hydrogen-bond donors (Lipinski definition) is 2. The van der Waals surface area contributed by atoms with Gasteiger partial charge in [-0.2, -0.15) is 4.37 Å². The number of hydroxylamine groups is 1. The van der Waals surface area contributed by atoms with E-state index in [2.05, 4.69) is 9.69 Å². The summed E-state index contributed by atoms with van der Waals surface area (Å²) in [7, 11) is -3.86. The molecule has 0 aliphatic rings. The largest absolute Gasteiger partial charge is 0.369 e. The maximum absolute atomic E-state index is 13.3. The monoisotopic (exact) mass is 386 g/mol. The van der Waals surface area contributed by atoms with Crippen LogP contribution < -0.4 is 11.1 Å². The van der Waals surface area contributed by atoms with Gasteiger partial charge in [-0.1, -0.05) is 10.5 Å². The summed E-state index contributed by atoms with van der Waals surface area (Å²) in [5, 5.41) is 3.78. The molecular weight excluding hydrogens is 360 g/mol. The van der Waals surface area contributed by atoms with E-state index in [0.29, 0.717) is 24.3 Å². The average Bonchev–Trinajstić information content (AvgIpc) is 2.95. The third-order valence-electron chi connectivity index (χ3n) is 3.42. The Bertz CT molecular complexity index is 812. The molecule has 0 aliphatic carbocycles. The lowest BCUT2D eigenvalue weighted by Crippen LogP contribution is -2.45. The number of nitrogens with two attached hydrogens (primary N) is 1. The smallest absolute Gasteiger partial charge is 0.266 e. The van der Waals surface area contributed by atoms with E-state index in [1.165, 1.54) is 11.5 Å². The van der Waals surface area contributed by atoms with Crippen molar-refractivity contribution in [3.05, 3.63) is 18.2 Å². The molecule has 0 bridgehead atoms. The average molecular weight is 387 g/mol. The topological polar surface area (TPSA) is 97.5 Å². The molecule has 1 aromatic carbocycles. The minimum Gasteiger partial charge on any atom is -0.369 e. The Balaban J connectivity index is 2.56. The Kier molecular flexibility index (Phi) is 6.39. The van der Waals surface area contributed by atoms with Crippen LogP contribution in [0.15, 0.2) is 23.1 Å². The molecule has 9 heteroatoms. The highest BCUT2D eigenvalue weighted by Gasteiger charge is 2.37. The number of nitrogens with zero attached hydrogens (tertiary/aromatic N) is 2. The molecule has 1 aromatic heterocycles. The van der Waals surface area contributed by atoms with Gasteiger partial charge in [-0.3, -0.25) is 4.84 Å². The molecule has 2 rings (SSSR count). The Morgan fingerprint density at radius 2 is 2.08 bits per heavy atom. The summed E-state index contributed by atoms with van der Waals surface area (Å²) in [6.07, 6.45) is 0.779. The number of rotatable bonds is 8. The summed E-state index contributed by atoms with van der Waals surface area (Å²) in [5.41, 5.74) is 4.81. The standard InChI is InChI=1S/C16H26N4O3S2/c1-5-23-20(16(2,3)4)25(21,22)13-9-6-8-12-14(13)15(19-24-12)18-11-7-10-17/h6,8-9H,5,7,10-11,17H2,1-4H3,(H,18,19). The van der Waals surface area contributed by atoms with E-state index in [1.54, 1.807) is 39.8 Å². The minimum atomic E-state index is -3.86. The fourth-order valence-electron chi connectivity index (χ4n) is 2.44. The van der Waals surface area contributed by atoms with Crippen LogP contribution in [0.3, 0.4) is 0 Å². The van der Waals surface area contributed by atoms with Crippen LogP contribution >= 0.6 is 11.5 Å². The first-order chi connectivity index (χ1) is 11.7. The molecule has 3 N–H and O–H groups in total. The van der Waals surface area contributed by atoms with Crippen molar-refractivity contribution in [1.82, 2.24) is 8.84 Å². The Morgan fingerprint density at radius 3 is 2.68 bits per heavy atom. The molecular formula is C16H26N4O3S2. The van der Waals surface area contributed by atoms with Crippen molar-refractivity contribution in [3.8, 4) is 0 Å². The number of hydrogen-bond acceptors (Lipinski definition) is 7. The van der Waals surface area contributed by atoms with Crippen molar-refractivity contribution >= 4 is 37.5 Å². The molecule has 0 atom stereocenters. The van der Waals surface area contributed by atoms with Gasteiger partial charge in [0.25, 0.3) is 10.0 Å². The molecule has 2 aromatic rings. The highest BCUT2D eigenvalue weighted by Crippen LogP contribution is 2.35. The van der Waals surface area contributed by atoms with Crippen molar-refractivity contribution in [1.29, 1.82) is 0 Å². The summed E-state index contributed by atoms with van der Waals surface area (Å²) in [5.74, 6) is 0.568. The van der Waals surface area contributed by atoms with Crippen LogP contribution in [-0.4, -0.2) is 42.5 Å². The van der Waals surface area contributed by atoms with Crippen LogP contribution in [0.5, 0.6) is 0 Å². The molecule has 0 aliphatic heterocycles. The van der Waals surface area contributed by atoms with E-state index in [1.807, 2.05) is 6.07 Å². The quantitative estimate of drug-likeness (QED) is 0.535. The van der Waals surface area contributed by atoms with Gasteiger partial charge in [0.2, 0.25) is 0 Å². The predicted octanol–water partition coefficient (Wildman–Crippen LogP) is 2.80. The lowest BCUT2D eigenvalue weighted by atomic mass is 10.1. The van der Waals surface area contributed by atoms with E-state index < -0.39 is 15.6 Å². The van der Waals surface area contributed by atoms with Crippen molar-refractivity contribution in [2.24, 2.45) is 5.73 Å². The molecule has 1 heterocycles. The lowest BCUT2D eigenvalue weighted by Gasteiger charge is -2.32. The van der Waals surface area contributed by atoms with Gasteiger partial charge in [-0.15, -0.1) is 0 Å². The fourth-order valence-corrected chi connectivity index (χ4v) is 5.14. The van der Waals surface area contributed by atoms with Gasteiger partial charge in [0, 0.05) is 6.54 Å². The van der Waals surface area contributed by atoms with Crippen LogP contribution in [0.1, 0.15) is 34.1 Å². The van der Waals surface area contributed by atoms with Crippen LogP contribution in [0.2, 0.25) is 0 Å². The van der Waals surface area contributed by atoms with Crippen molar-refractivity contribution in [2.45, 2.75) is 44.6 Å². The minimum absolute atomic E-state index is 0.192. The maximum atomic E-state index is 13.3. The Hall–Kier alpha value is -1.26. The lowest BCUT2D eigenvalue weighted by molar-refractivity contribution is -0.131. The summed E-state index contributed by atoms with van der Waals surface area (Å²) < 4.78 is 32.8. The molecule has 0 radical (unpaired) electrons. The third-order valence-corrected chi connectivity index (χ3v) is 6.22. The van der Waals surface area contributed by atoms with Crippen molar-refractivity contribution < 1.29 is 13.3 Å². The van der Waals surface area contributed by atoms with Gasteiger partial charge in [0.1, 0.15) is 5.82 Å². The zero-order valence-corrected chi connectivity index (χ0v) is 16.7. The molecule has 25 heavy (non-hydrogen) atoms. The summed E-state index contributed by atoms with van der Waals surface area (Å²) >= 11 is 1.27. The number of sulfonamides is 1. The van der Waals surface area contributed by atoms with Gasteiger partial charge in [0.05, 0.1) is 27.1 Å². The van der Waals surface area contributed by atoms with E-state index >= 15 is 0 Å². The van der Waals surface area contributed by atoms with Crippen molar-refractivity contribution in [3.63, 3.8) is 0 Å². The van der Waals surface area contributed by atoms with E-state index in [9.17, 15) is 8.42 Å². The van der Waals surface area contributed by atoms with Gasteiger partial charge in [-0.05, 0) is 64.3 Å². The van der Waals surface area contributed by atoms with Crippen LogP contribution in [0.4, 0.5) is 5.82 Å². The van der Waals surface area contributed by atoms with Crippen molar-refractivity contribution in [2.75, 3.05) is 25.0 Å². The summed E-state index contributed by atoms with van der Waals surface area (Å²) in [6, 6.07) is 5.18. The SMILES string of the molecule is CCON(C(C)(C)C)S(=O)(=O)c1cccc2snc(NCCCN)c12. The molecule has 0 spiro atoms. The third kappa shape index (κ3) is 4.29. The first kappa shape index (κ1) is 20.1. The number of fused-ring (bicyclic) bond motifs is 1. The first-order valence-electron chi connectivity index (χ1n) is 8.24. The first-order valence-corrected chi connectivity index (χ1v) is 10.5. The maximum Gasteiger partial charge on any atom is 0.266 e. The molecule has 0 saturated carbocycles. The second kappa shape index (κ2) is 7.96. The number of aromatic nitrogens is 1. The number of nitrogens with one attached hydrogen (secondary N) is 1. The normalized spacial score (nSPS) is 12.9. The van der Waals surface area contributed by atoms with Gasteiger partial charge < -0.3 is 11.1 Å². The number of anilines is 1. The molecule has 0 saturated heterocycles. The predicted molar refractivity (Wildman–Crippen MR) is 102 cm³/mol. The molecule has 0 fully saturated rings. The van der Waals surface area contributed by atoms with Crippen LogP contribution in [0.25, 0.3) is 10.1 Å². The fraction of sp³-hybridized carbons (Fsp3) is 0.562. The number of benzene rings is 1. The molecule has 0 amide bonds. The highest BCUT2D eigenvalue weighted by atomic mass is 32.2. The van der Waals surface area contributed by atoms with Crippen LogP contribution in [-0.2, 0) is 14.9 Å². The van der Waals surface area contributed by atoms with Gasteiger partial charge >= 0.3 is 0 Å². The second-order valence-electron chi connectivity index (χ2n) is 6.55. The Morgan fingerprint density at radius 1 is 1.36 bits per heavy atom. The summed E-state index contributed by atoms with van der Waals surface area (Å²) in [6.45, 7) is 8.61. The highest BCUT2D eigenvalue weighted by molar-refractivity contribution is 7.89. The molecule has 140 valence electrons. The Labute approximate surface area is 153 Å². The summed E-state index contributed by atoms with van der Waals surface area (Å²) in [4.78, 5) is 5.67. The zero-order chi connectivity index (χ0) is 18.7. The second-order valence-corrected chi connectivity index (χ2v) is 9.08.